The lowest BCUT2D eigenvalue weighted by molar-refractivity contribution is 0.512. The van der Waals surface area contributed by atoms with Gasteiger partial charge in [0.2, 0.25) is 0 Å². The molecule has 2 aromatic rings. The standard InChI is InChI=1S/C17H20/c1-3-14-17(2,15-10-6-4-7-11-15)16-12-8-5-9-13-16/h4-13H,3,14H2,1-2H3. The van der Waals surface area contributed by atoms with E-state index in [1.807, 2.05) is 0 Å². The van der Waals surface area contributed by atoms with Crippen LogP contribution in [-0.2, 0) is 5.41 Å². The van der Waals surface area contributed by atoms with E-state index in [-0.39, 0.29) is 5.41 Å². The zero-order valence-electron chi connectivity index (χ0n) is 10.7. The summed E-state index contributed by atoms with van der Waals surface area (Å²) in [6.07, 6.45) is 2.38. The normalized spacial score (nSPS) is 11.4. The molecular formula is C17H20. The summed E-state index contributed by atoms with van der Waals surface area (Å²) in [5.41, 5.74) is 2.96. The van der Waals surface area contributed by atoms with Gasteiger partial charge >= 0.3 is 0 Å². The highest BCUT2D eigenvalue weighted by molar-refractivity contribution is 5.38. The average Bonchev–Trinajstić information content (AvgIpc) is 2.41. The minimum atomic E-state index is 0.136. The van der Waals surface area contributed by atoms with Gasteiger partial charge in [-0.1, -0.05) is 80.9 Å². The molecule has 0 atom stereocenters. The molecule has 0 aliphatic rings. The molecule has 2 aromatic carbocycles. The van der Waals surface area contributed by atoms with E-state index in [1.165, 1.54) is 24.0 Å². The number of hydrogen-bond donors (Lipinski definition) is 0. The zero-order chi connectivity index (χ0) is 12.1. The Kier molecular flexibility index (Phi) is 3.63. The Morgan fingerprint density at radius 1 is 0.765 bits per heavy atom. The fourth-order valence-electron chi connectivity index (χ4n) is 2.57. The molecule has 0 saturated carbocycles. The summed E-state index contributed by atoms with van der Waals surface area (Å²) in [6.45, 7) is 4.60. The van der Waals surface area contributed by atoms with Crippen LogP contribution in [0.5, 0.6) is 0 Å². The van der Waals surface area contributed by atoms with Gasteiger partial charge in [0.25, 0.3) is 0 Å². The monoisotopic (exact) mass is 224 g/mol. The third-order valence-corrected chi connectivity index (χ3v) is 3.57. The molecule has 0 bridgehead atoms. The fraction of sp³-hybridized carbons (Fsp3) is 0.294. The van der Waals surface area contributed by atoms with E-state index in [2.05, 4.69) is 74.5 Å². The van der Waals surface area contributed by atoms with Crippen molar-refractivity contribution in [3.05, 3.63) is 71.8 Å². The fourth-order valence-corrected chi connectivity index (χ4v) is 2.57. The lowest BCUT2D eigenvalue weighted by Crippen LogP contribution is -2.23. The van der Waals surface area contributed by atoms with Crippen LogP contribution in [0.1, 0.15) is 37.8 Å². The molecule has 0 nitrogen and oxygen atoms in total. The van der Waals surface area contributed by atoms with Crippen molar-refractivity contribution in [3.8, 4) is 0 Å². The van der Waals surface area contributed by atoms with Crippen LogP contribution in [0.25, 0.3) is 0 Å². The molecule has 2 rings (SSSR count). The van der Waals surface area contributed by atoms with Crippen molar-refractivity contribution in [1.82, 2.24) is 0 Å². The first-order chi connectivity index (χ1) is 8.27. The molecule has 88 valence electrons. The van der Waals surface area contributed by atoms with E-state index < -0.39 is 0 Å². The molecule has 0 unspecified atom stereocenters. The van der Waals surface area contributed by atoms with Crippen LogP contribution < -0.4 is 0 Å². The van der Waals surface area contributed by atoms with Gasteiger partial charge in [-0.2, -0.15) is 0 Å². The Balaban J connectivity index is 2.47. The predicted molar refractivity (Wildman–Crippen MR) is 74.2 cm³/mol. The van der Waals surface area contributed by atoms with Gasteiger partial charge in [0.15, 0.2) is 0 Å². The second-order valence-corrected chi connectivity index (χ2v) is 4.81. The smallest absolute Gasteiger partial charge is 0.0174 e. The summed E-state index contributed by atoms with van der Waals surface area (Å²) >= 11 is 0. The molecule has 0 heteroatoms. The minimum Gasteiger partial charge on any atom is -0.0653 e. The largest absolute Gasteiger partial charge is 0.0653 e. The summed E-state index contributed by atoms with van der Waals surface area (Å²) in [4.78, 5) is 0. The lowest BCUT2D eigenvalue weighted by Gasteiger charge is -2.30. The van der Waals surface area contributed by atoms with E-state index in [0.29, 0.717) is 0 Å². The van der Waals surface area contributed by atoms with Crippen LogP contribution in [0.2, 0.25) is 0 Å². The summed E-state index contributed by atoms with van der Waals surface area (Å²) in [7, 11) is 0. The molecule has 0 saturated heterocycles. The first-order valence-corrected chi connectivity index (χ1v) is 6.38. The van der Waals surface area contributed by atoms with Crippen LogP contribution in [-0.4, -0.2) is 0 Å². The quantitative estimate of drug-likeness (QED) is 0.700. The van der Waals surface area contributed by atoms with Gasteiger partial charge in [-0.15, -0.1) is 0 Å². The first kappa shape index (κ1) is 11.9. The van der Waals surface area contributed by atoms with Crippen molar-refractivity contribution in [3.63, 3.8) is 0 Å². The van der Waals surface area contributed by atoms with Crippen molar-refractivity contribution >= 4 is 0 Å². The average molecular weight is 224 g/mol. The number of benzene rings is 2. The third kappa shape index (κ3) is 2.41. The molecule has 0 spiro atoms. The highest BCUT2D eigenvalue weighted by Gasteiger charge is 2.27. The van der Waals surface area contributed by atoms with Gasteiger partial charge in [0.05, 0.1) is 0 Å². The van der Waals surface area contributed by atoms with Crippen LogP contribution in [0, 0.1) is 0 Å². The molecule has 0 aliphatic carbocycles. The minimum absolute atomic E-state index is 0.136. The molecule has 0 aliphatic heterocycles. The van der Waals surface area contributed by atoms with E-state index in [0.717, 1.165) is 0 Å². The van der Waals surface area contributed by atoms with Crippen LogP contribution in [0.4, 0.5) is 0 Å². The molecule has 0 aromatic heterocycles. The maximum Gasteiger partial charge on any atom is 0.0174 e. The molecular weight excluding hydrogens is 204 g/mol. The van der Waals surface area contributed by atoms with Gasteiger partial charge in [0, 0.05) is 5.41 Å². The summed E-state index contributed by atoms with van der Waals surface area (Å²) in [5.74, 6) is 0. The van der Waals surface area contributed by atoms with E-state index >= 15 is 0 Å². The zero-order valence-corrected chi connectivity index (χ0v) is 10.7. The van der Waals surface area contributed by atoms with Crippen molar-refractivity contribution in [1.29, 1.82) is 0 Å². The predicted octanol–water partition coefficient (Wildman–Crippen LogP) is 4.79. The van der Waals surface area contributed by atoms with Gasteiger partial charge in [-0.05, 0) is 17.5 Å². The SMILES string of the molecule is CCCC(C)(c1ccccc1)c1ccccc1. The Morgan fingerprint density at radius 3 is 1.53 bits per heavy atom. The van der Waals surface area contributed by atoms with Crippen molar-refractivity contribution < 1.29 is 0 Å². The first-order valence-electron chi connectivity index (χ1n) is 6.38. The summed E-state index contributed by atoms with van der Waals surface area (Å²) < 4.78 is 0. The van der Waals surface area contributed by atoms with E-state index in [4.69, 9.17) is 0 Å². The van der Waals surface area contributed by atoms with E-state index in [1.54, 1.807) is 0 Å². The van der Waals surface area contributed by atoms with Crippen molar-refractivity contribution in [2.24, 2.45) is 0 Å². The number of hydrogen-bond acceptors (Lipinski definition) is 0. The number of rotatable bonds is 4. The lowest BCUT2D eigenvalue weighted by atomic mass is 9.73. The van der Waals surface area contributed by atoms with Crippen LogP contribution >= 0.6 is 0 Å². The Hall–Kier alpha value is -1.56. The molecule has 0 radical (unpaired) electrons. The summed E-state index contributed by atoms with van der Waals surface area (Å²) in [6, 6.07) is 21.6. The summed E-state index contributed by atoms with van der Waals surface area (Å²) in [5, 5.41) is 0. The maximum absolute atomic E-state index is 2.35. The van der Waals surface area contributed by atoms with Gasteiger partial charge in [0.1, 0.15) is 0 Å². The maximum atomic E-state index is 2.35. The van der Waals surface area contributed by atoms with Gasteiger partial charge in [-0.25, -0.2) is 0 Å². The Bertz CT molecular complexity index is 402. The Morgan fingerprint density at radius 2 is 1.18 bits per heavy atom. The second kappa shape index (κ2) is 5.18. The molecule has 0 fully saturated rings. The van der Waals surface area contributed by atoms with Crippen molar-refractivity contribution in [2.45, 2.75) is 32.1 Å². The van der Waals surface area contributed by atoms with Crippen molar-refractivity contribution in [2.75, 3.05) is 0 Å². The van der Waals surface area contributed by atoms with Crippen LogP contribution in [0.3, 0.4) is 0 Å². The van der Waals surface area contributed by atoms with Gasteiger partial charge < -0.3 is 0 Å². The Labute approximate surface area is 104 Å². The second-order valence-electron chi connectivity index (χ2n) is 4.81. The highest BCUT2D eigenvalue weighted by Crippen LogP contribution is 2.35. The van der Waals surface area contributed by atoms with Gasteiger partial charge in [-0.3, -0.25) is 0 Å². The third-order valence-electron chi connectivity index (χ3n) is 3.57. The molecule has 17 heavy (non-hydrogen) atoms. The molecule has 0 N–H and O–H groups in total. The topological polar surface area (TPSA) is 0 Å². The molecule has 0 amide bonds. The molecule has 0 heterocycles. The highest BCUT2D eigenvalue weighted by atomic mass is 14.3. The van der Waals surface area contributed by atoms with Crippen LogP contribution in [0.15, 0.2) is 60.7 Å². The van der Waals surface area contributed by atoms with E-state index in [9.17, 15) is 0 Å².